The Balaban J connectivity index is 2.21. The molecule has 0 aliphatic heterocycles. The molecule has 0 saturated heterocycles. The molecule has 24 heavy (non-hydrogen) atoms. The number of hydrogen-bond acceptors (Lipinski definition) is 4. The highest BCUT2D eigenvalue weighted by Crippen LogP contribution is 2.05. The van der Waals surface area contributed by atoms with Crippen molar-refractivity contribution in [1.29, 1.82) is 5.26 Å². The minimum Gasteiger partial charge on any atom is -0.350 e. The molecule has 0 atom stereocenters. The molecule has 1 amide bonds. The van der Waals surface area contributed by atoms with Gasteiger partial charge < -0.3 is 5.32 Å². The van der Waals surface area contributed by atoms with E-state index in [9.17, 15) is 18.8 Å². The fraction of sp³-hybridized carbons (Fsp3) is 0.250. The van der Waals surface area contributed by atoms with Crippen LogP contribution in [0.15, 0.2) is 40.1 Å². The van der Waals surface area contributed by atoms with Crippen molar-refractivity contribution >= 4 is 5.91 Å². The van der Waals surface area contributed by atoms with Crippen LogP contribution in [0, 0.1) is 17.1 Å². The summed E-state index contributed by atoms with van der Waals surface area (Å²) in [6.07, 6.45) is 1.17. The molecule has 0 spiro atoms. The van der Waals surface area contributed by atoms with Crippen LogP contribution >= 0.6 is 0 Å². The van der Waals surface area contributed by atoms with Gasteiger partial charge in [0.2, 0.25) is 5.91 Å². The second kappa shape index (κ2) is 7.37. The van der Waals surface area contributed by atoms with Crippen molar-refractivity contribution < 1.29 is 9.18 Å². The molecule has 8 heteroatoms. The Hall–Kier alpha value is -3.21. The molecule has 0 unspecified atom stereocenters. The highest BCUT2D eigenvalue weighted by Gasteiger charge is 2.14. The monoisotopic (exact) mass is 330 g/mol. The summed E-state index contributed by atoms with van der Waals surface area (Å²) in [5, 5.41) is 11.4. The Bertz CT molecular complexity index is 924. The molecule has 1 heterocycles. The molecule has 0 fully saturated rings. The Kier molecular flexibility index (Phi) is 5.27. The third-order valence-corrected chi connectivity index (χ3v) is 3.43. The van der Waals surface area contributed by atoms with E-state index in [1.807, 2.05) is 0 Å². The summed E-state index contributed by atoms with van der Waals surface area (Å²) in [7, 11) is 0. The van der Waals surface area contributed by atoms with E-state index in [4.69, 9.17) is 5.26 Å². The summed E-state index contributed by atoms with van der Waals surface area (Å²) in [5.74, 6) is -1.09. The largest absolute Gasteiger partial charge is 0.350 e. The van der Waals surface area contributed by atoms with Crippen molar-refractivity contribution in [3.8, 4) is 6.07 Å². The van der Waals surface area contributed by atoms with Crippen LogP contribution in [0.4, 0.5) is 4.39 Å². The number of amides is 1. The Labute approximate surface area is 136 Å². The lowest BCUT2D eigenvalue weighted by Gasteiger charge is -2.10. The van der Waals surface area contributed by atoms with Gasteiger partial charge in [0.1, 0.15) is 24.0 Å². The van der Waals surface area contributed by atoms with E-state index in [1.165, 1.54) is 29.0 Å². The number of nitrogens with zero attached hydrogens (tertiary/aromatic N) is 3. The molecule has 0 aliphatic carbocycles. The third kappa shape index (κ3) is 3.57. The molecular weight excluding hydrogens is 315 g/mol. The predicted molar refractivity (Wildman–Crippen MR) is 83.6 cm³/mol. The maximum Gasteiger partial charge on any atom is 0.331 e. The van der Waals surface area contributed by atoms with Crippen molar-refractivity contribution in [2.45, 2.75) is 26.6 Å². The molecule has 1 aromatic carbocycles. The Morgan fingerprint density at radius 2 is 2.04 bits per heavy atom. The van der Waals surface area contributed by atoms with E-state index in [-0.39, 0.29) is 24.2 Å². The van der Waals surface area contributed by atoms with Crippen molar-refractivity contribution in [1.82, 2.24) is 14.5 Å². The lowest BCUT2D eigenvalue weighted by Crippen LogP contribution is -2.44. The van der Waals surface area contributed by atoms with Gasteiger partial charge >= 0.3 is 5.69 Å². The van der Waals surface area contributed by atoms with E-state index in [2.05, 4.69) is 5.32 Å². The highest BCUT2D eigenvalue weighted by molar-refractivity contribution is 5.75. The average Bonchev–Trinajstić information content (AvgIpc) is 2.58. The summed E-state index contributed by atoms with van der Waals surface area (Å²) in [4.78, 5) is 36.1. The molecule has 0 saturated carbocycles. The van der Waals surface area contributed by atoms with Crippen LogP contribution < -0.4 is 16.6 Å². The van der Waals surface area contributed by atoms with Gasteiger partial charge in [0.05, 0.1) is 0 Å². The summed E-state index contributed by atoms with van der Waals surface area (Å²) in [6.45, 7) is 1.32. The molecule has 2 aromatic rings. The molecule has 0 bridgehead atoms. The lowest BCUT2D eigenvalue weighted by molar-refractivity contribution is -0.121. The first-order valence-corrected chi connectivity index (χ1v) is 7.22. The normalized spacial score (nSPS) is 10.2. The lowest BCUT2D eigenvalue weighted by atomic mass is 10.2. The number of halogens is 1. The quantitative estimate of drug-likeness (QED) is 0.856. The summed E-state index contributed by atoms with van der Waals surface area (Å²) in [6, 6.07) is 7.64. The Morgan fingerprint density at radius 3 is 2.67 bits per heavy atom. The van der Waals surface area contributed by atoms with Crippen LogP contribution in [0.1, 0.15) is 18.1 Å². The van der Waals surface area contributed by atoms with E-state index in [1.54, 1.807) is 19.1 Å². The van der Waals surface area contributed by atoms with Crippen molar-refractivity contribution in [3.05, 3.63) is 68.2 Å². The van der Waals surface area contributed by atoms with Crippen LogP contribution in [0.5, 0.6) is 0 Å². The van der Waals surface area contributed by atoms with Gasteiger partial charge in [-0.15, -0.1) is 0 Å². The van der Waals surface area contributed by atoms with Gasteiger partial charge in [0.25, 0.3) is 5.56 Å². The maximum absolute atomic E-state index is 13.5. The van der Waals surface area contributed by atoms with E-state index < -0.39 is 29.5 Å². The first-order valence-electron chi connectivity index (χ1n) is 7.22. The average molecular weight is 330 g/mol. The molecule has 2 rings (SSSR count). The zero-order chi connectivity index (χ0) is 17.7. The number of aryl methyl sites for hydroxylation is 1. The van der Waals surface area contributed by atoms with Gasteiger partial charge in [-0.3, -0.25) is 14.2 Å². The standard InChI is InChI=1S/C16H15FN4O3/c1-2-20-9-12(7-18)15(23)21(16(20)24)10-14(22)19-8-11-5-3-4-6-13(11)17/h3-6,9H,2,8,10H2,1H3,(H,19,22). The number of aromatic nitrogens is 2. The number of carbonyl (C=O) groups excluding carboxylic acids is 1. The van der Waals surface area contributed by atoms with E-state index in [0.717, 1.165) is 0 Å². The number of nitriles is 1. The van der Waals surface area contributed by atoms with E-state index in [0.29, 0.717) is 4.57 Å². The Morgan fingerprint density at radius 1 is 1.33 bits per heavy atom. The number of carbonyl (C=O) groups is 1. The zero-order valence-corrected chi connectivity index (χ0v) is 13.0. The minimum absolute atomic E-state index is 0.0693. The van der Waals surface area contributed by atoms with Crippen LogP contribution in [-0.4, -0.2) is 15.0 Å². The highest BCUT2D eigenvalue weighted by atomic mass is 19.1. The van der Waals surface area contributed by atoms with Gasteiger partial charge in [0, 0.05) is 24.8 Å². The number of benzene rings is 1. The maximum atomic E-state index is 13.5. The number of hydrogen-bond donors (Lipinski definition) is 1. The number of nitrogens with one attached hydrogen (secondary N) is 1. The van der Waals surface area contributed by atoms with E-state index >= 15 is 0 Å². The SMILES string of the molecule is CCn1cc(C#N)c(=O)n(CC(=O)NCc2ccccc2F)c1=O. The fourth-order valence-electron chi connectivity index (χ4n) is 2.13. The topological polar surface area (TPSA) is 96.9 Å². The molecule has 1 N–H and O–H groups in total. The molecule has 7 nitrogen and oxygen atoms in total. The van der Waals surface area contributed by atoms with Gasteiger partial charge in [0.15, 0.2) is 0 Å². The molecule has 124 valence electrons. The molecular formula is C16H15FN4O3. The van der Waals surface area contributed by atoms with Crippen LogP contribution in [0.2, 0.25) is 0 Å². The van der Waals surface area contributed by atoms with Crippen LogP contribution in [0.25, 0.3) is 0 Å². The fourth-order valence-corrected chi connectivity index (χ4v) is 2.13. The predicted octanol–water partition coefficient (Wildman–Crippen LogP) is 0.357. The van der Waals surface area contributed by atoms with Gasteiger partial charge in [-0.05, 0) is 13.0 Å². The van der Waals surface area contributed by atoms with Gasteiger partial charge in [-0.1, -0.05) is 18.2 Å². The first-order chi connectivity index (χ1) is 11.5. The van der Waals surface area contributed by atoms with Gasteiger partial charge in [-0.25, -0.2) is 13.8 Å². The third-order valence-electron chi connectivity index (χ3n) is 3.43. The minimum atomic E-state index is -0.826. The molecule has 1 aromatic heterocycles. The van der Waals surface area contributed by atoms with Crippen molar-refractivity contribution in [2.24, 2.45) is 0 Å². The van der Waals surface area contributed by atoms with Gasteiger partial charge in [-0.2, -0.15) is 5.26 Å². The second-order valence-corrected chi connectivity index (χ2v) is 4.98. The smallest absolute Gasteiger partial charge is 0.331 e. The molecule has 0 aliphatic rings. The molecule has 0 radical (unpaired) electrons. The van der Waals surface area contributed by atoms with Crippen molar-refractivity contribution in [3.63, 3.8) is 0 Å². The summed E-state index contributed by atoms with van der Waals surface area (Å²) in [5.41, 5.74) is -1.44. The van der Waals surface area contributed by atoms with Crippen molar-refractivity contribution in [2.75, 3.05) is 0 Å². The second-order valence-electron chi connectivity index (χ2n) is 4.98. The van der Waals surface area contributed by atoms with Crippen LogP contribution in [-0.2, 0) is 24.4 Å². The number of rotatable bonds is 5. The zero-order valence-electron chi connectivity index (χ0n) is 13.0. The summed E-state index contributed by atoms with van der Waals surface area (Å²) < 4.78 is 15.4. The summed E-state index contributed by atoms with van der Waals surface area (Å²) >= 11 is 0. The first kappa shape index (κ1) is 17.1. The van der Waals surface area contributed by atoms with Crippen LogP contribution in [0.3, 0.4) is 0 Å².